The summed E-state index contributed by atoms with van der Waals surface area (Å²) < 4.78 is 45.2. The molecule has 3 aromatic rings. The van der Waals surface area contributed by atoms with Crippen LogP contribution in [0.3, 0.4) is 0 Å². The van der Waals surface area contributed by atoms with Crippen LogP contribution in [0.15, 0.2) is 70.3 Å². The van der Waals surface area contributed by atoms with Crippen molar-refractivity contribution in [2.24, 2.45) is 0 Å². The Morgan fingerprint density at radius 2 is 1.93 bits per heavy atom. The fourth-order valence-electron chi connectivity index (χ4n) is 2.49. The highest BCUT2D eigenvalue weighted by Crippen LogP contribution is 2.19. The molecule has 0 bridgehead atoms. The zero-order chi connectivity index (χ0) is 20.9. The SMILES string of the molecule is O=C(CN(Cc1ccco1)S(=O)(=O)c1ccc(Cl)nc1)NCc1ccc(F)cc1. The Labute approximate surface area is 172 Å². The highest BCUT2D eigenvalue weighted by Gasteiger charge is 2.28. The standard InChI is InChI=1S/C19H17ClFN3O4S/c20-18-8-7-17(11-22-18)29(26,27)24(12-16-2-1-9-28-16)13-19(25)23-10-14-3-5-15(21)6-4-14/h1-9,11H,10,12-13H2,(H,23,25). The van der Waals surface area contributed by atoms with E-state index in [-0.39, 0.29) is 29.0 Å². The van der Waals surface area contributed by atoms with Gasteiger partial charge >= 0.3 is 0 Å². The number of sulfonamides is 1. The number of halogens is 2. The van der Waals surface area contributed by atoms with Crippen LogP contribution in [-0.2, 0) is 27.9 Å². The number of nitrogens with one attached hydrogen (secondary N) is 1. The van der Waals surface area contributed by atoms with Gasteiger partial charge < -0.3 is 9.73 Å². The molecular formula is C19H17ClFN3O4S. The van der Waals surface area contributed by atoms with E-state index in [9.17, 15) is 17.6 Å². The summed E-state index contributed by atoms with van der Waals surface area (Å²) in [6.45, 7) is -0.439. The van der Waals surface area contributed by atoms with Crippen LogP contribution >= 0.6 is 11.6 Å². The van der Waals surface area contributed by atoms with Crippen LogP contribution in [0, 0.1) is 5.82 Å². The average Bonchev–Trinajstić information content (AvgIpc) is 3.20. The zero-order valence-corrected chi connectivity index (χ0v) is 16.7. The first-order valence-corrected chi connectivity index (χ1v) is 10.3. The van der Waals surface area contributed by atoms with Crippen LogP contribution in [0.4, 0.5) is 4.39 Å². The van der Waals surface area contributed by atoms with Crippen LogP contribution in [0.5, 0.6) is 0 Å². The lowest BCUT2D eigenvalue weighted by molar-refractivity contribution is -0.121. The second kappa shape index (κ2) is 9.17. The molecule has 7 nitrogen and oxygen atoms in total. The first-order valence-electron chi connectivity index (χ1n) is 8.50. The molecule has 1 aromatic carbocycles. The van der Waals surface area contributed by atoms with Gasteiger partial charge in [0, 0.05) is 12.7 Å². The van der Waals surface area contributed by atoms with Gasteiger partial charge in [-0.25, -0.2) is 17.8 Å². The van der Waals surface area contributed by atoms with Crippen LogP contribution < -0.4 is 5.32 Å². The Morgan fingerprint density at radius 1 is 1.17 bits per heavy atom. The Hall–Kier alpha value is -2.75. The van der Waals surface area contributed by atoms with E-state index < -0.39 is 22.5 Å². The van der Waals surface area contributed by atoms with Crippen LogP contribution in [-0.4, -0.2) is 30.2 Å². The normalized spacial score (nSPS) is 11.6. The average molecular weight is 438 g/mol. The van der Waals surface area contributed by atoms with Crippen molar-refractivity contribution >= 4 is 27.5 Å². The Morgan fingerprint density at radius 3 is 2.55 bits per heavy atom. The monoisotopic (exact) mass is 437 g/mol. The second-order valence-electron chi connectivity index (χ2n) is 6.07. The van der Waals surface area contributed by atoms with E-state index in [1.165, 1.54) is 42.7 Å². The Balaban J connectivity index is 1.75. The lowest BCUT2D eigenvalue weighted by Crippen LogP contribution is -2.40. The molecule has 0 aliphatic heterocycles. The maximum atomic E-state index is 13.0. The molecule has 0 aliphatic rings. The molecule has 0 atom stereocenters. The van der Waals surface area contributed by atoms with Crippen molar-refractivity contribution in [2.45, 2.75) is 18.0 Å². The third-order valence-corrected chi connectivity index (χ3v) is 5.97. The van der Waals surface area contributed by atoms with Crippen molar-refractivity contribution in [3.63, 3.8) is 0 Å². The highest BCUT2D eigenvalue weighted by atomic mass is 35.5. The summed E-state index contributed by atoms with van der Waals surface area (Å²) >= 11 is 5.73. The molecule has 3 rings (SSSR count). The largest absolute Gasteiger partial charge is 0.468 e. The first-order chi connectivity index (χ1) is 13.8. The van der Waals surface area contributed by atoms with Gasteiger partial charge in [-0.15, -0.1) is 0 Å². The fraction of sp³-hybridized carbons (Fsp3) is 0.158. The van der Waals surface area contributed by atoms with Crippen molar-refractivity contribution in [1.29, 1.82) is 0 Å². The lowest BCUT2D eigenvalue weighted by Gasteiger charge is -2.20. The van der Waals surface area contributed by atoms with Gasteiger partial charge in [-0.3, -0.25) is 4.79 Å². The summed E-state index contributed by atoms with van der Waals surface area (Å²) in [5.41, 5.74) is 0.682. The zero-order valence-electron chi connectivity index (χ0n) is 15.1. The van der Waals surface area contributed by atoms with E-state index >= 15 is 0 Å². The number of carbonyl (C=O) groups excluding carboxylic acids is 1. The van der Waals surface area contributed by atoms with Gasteiger partial charge in [0.15, 0.2) is 0 Å². The molecule has 1 N–H and O–H groups in total. The van der Waals surface area contributed by atoms with E-state index in [4.69, 9.17) is 16.0 Å². The van der Waals surface area contributed by atoms with E-state index in [1.54, 1.807) is 12.1 Å². The number of furan rings is 1. The number of pyridine rings is 1. The summed E-state index contributed by atoms with van der Waals surface area (Å²) in [4.78, 5) is 16.1. The van der Waals surface area contributed by atoms with Gasteiger partial charge in [0.25, 0.3) is 0 Å². The van der Waals surface area contributed by atoms with Gasteiger partial charge in [0.05, 0.1) is 19.4 Å². The van der Waals surface area contributed by atoms with E-state index in [0.717, 1.165) is 10.5 Å². The quantitative estimate of drug-likeness (QED) is 0.547. The second-order valence-corrected chi connectivity index (χ2v) is 8.40. The molecule has 0 aliphatic carbocycles. The molecule has 2 heterocycles. The number of hydrogen-bond donors (Lipinski definition) is 1. The molecule has 0 radical (unpaired) electrons. The molecule has 0 saturated carbocycles. The lowest BCUT2D eigenvalue weighted by atomic mass is 10.2. The molecule has 2 aromatic heterocycles. The van der Waals surface area contributed by atoms with E-state index in [0.29, 0.717) is 11.3 Å². The van der Waals surface area contributed by atoms with E-state index in [2.05, 4.69) is 10.3 Å². The molecule has 10 heteroatoms. The number of nitrogens with zero attached hydrogens (tertiary/aromatic N) is 2. The maximum absolute atomic E-state index is 13.0. The van der Waals surface area contributed by atoms with Crippen LogP contribution in [0.25, 0.3) is 0 Å². The number of benzene rings is 1. The maximum Gasteiger partial charge on any atom is 0.245 e. The van der Waals surface area contributed by atoms with Crippen molar-refractivity contribution < 1.29 is 22.0 Å². The van der Waals surface area contributed by atoms with Gasteiger partial charge in [0.2, 0.25) is 15.9 Å². The summed E-state index contributed by atoms with van der Waals surface area (Å²) in [5, 5.41) is 2.78. The van der Waals surface area contributed by atoms with Crippen molar-refractivity contribution in [3.8, 4) is 0 Å². The minimum atomic E-state index is -4.04. The molecule has 0 saturated heterocycles. The summed E-state index contributed by atoms with van der Waals surface area (Å²) in [5.74, 6) is -0.527. The number of carbonyl (C=O) groups is 1. The summed E-state index contributed by atoms with van der Waals surface area (Å²) in [6.07, 6.45) is 2.54. The fourth-order valence-corrected chi connectivity index (χ4v) is 3.91. The third-order valence-electron chi connectivity index (χ3n) is 3.97. The Kier molecular flexibility index (Phi) is 6.63. The number of hydrogen-bond acceptors (Lipinski definition) is 5. The third kappa shape index (κ3) is 5.63. The summed E-state index contributed by atoms with van der Waals surface area (Å²) in [7, 11) is -4.04. The highest BCUT2D eigenvalue weighted by molar-refractivity contribution is 7.89. The van der Waals surface area contributed by atoms with Crippen LogP contribution in [0.2, 0.25) is 5.15 Å². The number of rotatable bonds is 8. The van der Waals surface area contributed by atoms with E-state index in [1.807, 2.05) is 0 Å². The molecule has 0 fully saturated rings. The minimum Gasteiger partial charge on any atom is -0.468 e. The summed E-state index contributed by atoms with van der Waals surface area (Å²) in [6, 6.07) is 11.5. The van der Waals surface area contributed by atoms with Gasteiger partial charge in [-0.05, 0) is 42.0 Å². The predicted octanol–water partition coefficient (Wildman–Crippen LogP) is 2.97. The predicted molar refractivity (Wildman–Crippen MR) is 104 cm³/mol. The topological polar surface area (TPSA) is 92.5 Å². The van der Waals surface area contributed by atoms with Gasteiger partial charge in [-0.2, -0.15) is 4.31 Å². The van der Waals surface area contributed by atoms with Gasteiger partial charge in [-0.1, -0.05) is 23.7 Å². The minimum absolute atomic E-state index is 0.0974. The molecule has 152 valence electrons. The number of amides is 1. The molecular weight excluding hydrogens is 421 g/mol. The van der Waals surface area contributed by atoms with Crippen LogP contribution in [0.1, 0.15) is 11.3 Å². The van der Waals surface area contributed by atoms with Crippen molar-refractivity contribution in [2.75, 3.05) is 6.54 Å². The molecule has 29 heavy (non-hydrogen) atoms. The Bertz CT molecular complexity index is 1060. The van der Waals surface area contributed by atoms with Crippen molar-refractivity contribution in [1.82, 2.24) is 14.6 Å². The number of aromatic nitrogens is 1. The van der Waals surface area contributed by atoms with Crippen molar-refractivity contribution in [3.05, 3.63) is 83.3 Å². The molecule has 1 amide bonds. The molecule has 0 unspecified atom stereocenters. The first kappa shape index (κ1) is 21.0. The van der Waals surface area contributed by atoms with Gasteiger partial charge in [0.1, 0.15) is 21.6 Å². The smallest absolute Gasteiger partial charge is 0.245 e. The molecule has 0 spiro atoms.